The molecule has 9 heteroatoms. The van der Waals surface area contributed by atoms with Gasteiger partial charge in [-0.15, -0.1) is 0 Å². The number of amides is 4. The Hall–Kier alpha value is -4.50. The van der Waals surface area contributed by atoms with Gasteiger partial charge in [-0.25, -0.2) is 0 Å². The third kappa shape index (κ3) is 6.05. The van der Waals surface area contributed by atoms with Crippen molar-refractivity contribution in [3.8, 4) is 0 Å². The van der Waals surface area contributed by atoms with E-state index in [9.17, 15) is 24.3 Å². The highest BCUT2D eigenvalue weighted by molar-refractivity contribution is 6.35. The topological polar surface area (TPSA) is 128 Å². The monoisotopic (exact) mass is 540 g/mol. The molecule has 0 unspecified atom stereocenters. The zero-order valence-electron chi connectivity index (χ0n) is 22.1. The molecule has 206 valence electrons. The summed E-state index contributed by atoms with van der Waals surface area (Å²) in [6, 6.07) is 21.2. The van der Waals surface area contributed by atoms with E-state index < -0.39 is 23.5 Å². The van der Waals surface area contributed by atoms with Gasteiger partial charge >= 0.3 is 11.8 Å². The van der Waals surface area contributed by atoms with Gasteiger partial charge in [0.1, 0.15) is 0 Å². The third-order valence-electron chi connectivity index (χ3n) is 7.43. The summed E-state index contributed by atoms with van der Waals surface area (Å²) >= 11 is 0. The molecule has 1 atom stereocenters. The normalized spacial score (nSPS) is 17.5. The molecular formula is C31H32N4O5. The number of aliphatic hydroxyl groups is 1. The van der Waals surface area contributed by atoms with Gasteiger partial charge in [0.05, 0.1) is 11.6 Å². The second-order valence-corrected chi connectivity index (χ2v) is 10.2. The predicted molar refractivity (Wildman–Crippen MR) is 150 cm³/mol. The molecule has 0 bridgehead atoms. The number of hydrogen-bond donors (Lipinski definition) is 4. The largest absolute Gasteiger partial charge is 0.391 e. The SMILES string of the molecule is O=C(NC/C=C/C(=O)N1CC[C@H](O)C1)C(=O)NCc1ccccc1C(=O)NC1(c2cccc3ccccc23)CC1. The van der Waals surface area contributed by atoms with Crippen LogP contribution in [0.1, 0.15) is 40.7 Å². The van der Waals surface area contributed by atoms with Gasteiger partial charge in [0.25, 0.3) is 5.91 Å². The summed E-state index contributed by atoms with van der Waals surface area (Å²) in [5.41, 5.74) is 1.68. The summed E-state index contributed by atoms with van der Waals surface area (Å²) in [7, 11) is 0. The maximum absolute atomic E-state index is 13.4. The number of carbonyl (C=O) groups is 4. The smallest absolute Gasteiger partial charge is 0.309 e. The summed E-state index contributed by atoms with van der Waals surface area (Å²) in [6.45, 7) is 0.788. The van der Waals surface area contributed by atoms with Gasteiger partial charge < -0.3 is 26.0 Å². The average molecular weight is 541 g/mol. The third-order valence-corrected chi connectivity index (χ3v) is 7.43. The van der Waals surface area contributed by atoms with E-state index in [0.717, 1.165) is 29.2 Å². The molecular weight excluding hydrogens is 508 g/mol. The lowest BCUT2D eigenvalue weighted by Crippen LogP contribution is -2.40. The van der Waals surface area contributed by atoms with Crippen LogP contribution in [0.3, 0.4) is 0 Å². The van der Waals surface area contributed by atoms with Crippen LogP contribution in [0.25, 0.3) is 10.8 Å². The van der Waals surface area contributed by atoms with Gasteiger partial charge in [-0.3, -0.25) is 19.2 Å². The Labute approximate surface area is 232 Å². The summed E-state index contributed by atoms with van der Waals surface area (Å²) in [4.78, 5) is 51.6. The molecule has 40 heavy (non-hydrogen) atoms. The standard InChI is InChI=1S/C31H32N4O5/c36-23-14-18-35(20-23)27(37)13-6-17-32-29(39)30(40)33-19-22-8-2-4-11-25(22)28(38)34-31(15-16-31)26-12-5-9-21-7-1-3-10-24(21)26/h1-13,23,36H,14-20H2,(H,32,39)(H,33,40)(H,34,38)/b13-6+/t23-/m0/s1. The summed E-state index contributed by atoms with van der Waals surface area (Å²) in [6.07, 6.45) is 4.50. The lowest BCUT2D eigenvalue weighted by atomic mass is 9.96. The molecule has 1 heterocycles. The number of nitrogens with zero attached hydrogens (tertiary/aromatic N) is 1. The zero-order valence-corrected chi connectivity index (χ0v) is 22.1. The predicted octanol–water partition coefficient (Wildman–Crippen LogP) is 2.14. The van der Waals surface area contributed by atoms with Crippen molar-refractivity contribution >= 4 is 34.4 Å². The van der Waals surface area contributed by atoms with Crippen molar-refractivity contribution in [3.05, 3.63) is 95.6 Å². The van der Waals surface area contributed by atoms with Crippen LogP contribution in [0.4, 0.5) is 0 Å². The molecule has 0 spiro atoms. The van der Waals surface area contributed by atoms with Gasteiger partial charge in [0.15, 0.2) is 0 Å². The molecule has 9 nitrogen and oxygen atoms in total. The minimum Gasteiger partial charge on any atom is -0.391 e. The fourth-order valence-electron chi connectivity index (χ4n) is 5.10. The average Bonchev–Trinajstić information content (AvgIpc) is 3.62. The van der Waals surface area contributed by atoms with Crippen molar-refractivity contribution < 1.29 is 24.3 Å². The first kappa shape index (κ1) is 27.1. The first-order valence-corrected chi connectivity index (χ1v) is 13.4. The van der Waals surface area contributed by atoms with Crippen molar-refractivity contribution in [3.63, 3.8) is 0 Å². The van der Waals surface area contributed by atoms with Crippen LogP contribution in [-0.2, 0) is 26.5 Å². The van der Waals surface area contributed by atoms with E-state index in [1.165, 1.54) is 17.1 Å². The number of aliphatic hydroxyl groups excluding tert-OH is 1. The van der Waals surface area contributed by atoms with Crippen molar-refractivity contribution in [2.75, 3.05) is 19.6 Å². The van der Waals surface area contributed by atoms with Crippen molar-refractivity contribution in [2.24, 2.45) is 0 Å². The number of β-amino-alcohol motifs (C(OH)–C–C–N with tert-alkyl or cyclic N) is 1. The van der Waals surface area contributed by atoms with Crippen molar-refractivity contribution in [2.45, 2.75) is 37.5 Å². The highest BCUT2D eigenvalue weighted by Crippen LogP contribution is 2.48. The van der Waals surface area contributed by atoms with Crippen LogP contribution in [0.2, 0.25) is 0 Å². The molecule has 1 aliphatic carbocycles. The first-order valence-electron chi connectivity index (χ1n) is 13.4. The van der Waals surface area contributed by atoms with Crippen LogP contribution in [0.5, 0.6) is 0 Å². The van der Waals surface area contributed by atoms with Gasteiger partial charge in [0, 0.05) is 37.8 Å². The Morgan fingerprint density at radius 2 is 1.65 bits per heavy atom. The summed E-state index contributed by atoms with van der Waals surface area (Å²) < 4.78 is 0. The van der Waals surface area contributed by atoms with Crippen molar-refractivity contribution in [1.82, 2.24) is 20.9 Å². The maximum Gasteiger partial charge on any atom is 0.309 e. The molecule has 4 N–H and O–H groups in total. The van der Waals surface area contributed by atoms with E-state index in [0.29, 0.717) is 30.6 Å². The molecule has 3 aromatic carbocycles. The lowest BCUT2D eigenvalue weighted by molar-refractivity contribution is -0.139. The molecule has 4 amide bonds. The van der Waals surface area contributed by atoms with E-state index in [-0.39, 0.29) is 24.9 Å². The molecule has 5 rings (SSSR count). The van der Waals surface area contributed by atoms with Crippen LogP contribution in [-0.4, -0.2) is 59.4 Å². The summed E-state index contributed by atoms with van der Waals surface area (Å²) in [5.74, 6) is -2.17. The maximum atomic E-state index is 13.4. The van der Waals surface area contributed by atoms with Crippen LogP contribution >= 0.6 is 0 Å². The fourth-order valence-corrected chi connectivity index (χ4v) is 5.10. The van der Waals surface area contributed by atoms with Gasteiger partial charge in [0.2, 0.25) is 5.91 Å². The molecule has 1 aliphatic heterocycles. The quantitative estimate of drug-likeness (QED) is 0.257. The minimum absolute atomic E-state index is 0.00270. The Morgan fingerprint density at radius 1 is 0.925 bits per heavy atom. The number of fused-ring (bicyclic) bond motifs is 1. The molecule has 2 aliphatic rings. The van der Waals surface area contributed by atoms with E-state index in [4.69, 9.17) is 0 Å². The number of benzene rings is 3. The Balaban J connectivity index is 1.16. The second kappa shape index (κ2) is 11.7. The van der Waals surface area contributed by atoms with E-state index >= 15 is 0 Å². The zero-order chi connectivity index (χ0) is 28.1. The van der Waals surface area contributed by atoms with Gasteiger partial charge in [-0.1, -0.05) is 66.7 Å². The Bertz CT molecular complexity index is 1470. The molecule has 2 fully saturated rings. The molecule has 3 aromatic rings. The molecule has 1 saturated heterocycles. The lowest BCUT2D eigenvalue weighted by Gasteiger charge is -2.21. The van der Waals surface area contributed by atoms with Crippen LogP contribution in [0.15, 0.2) is 78.9 Å². The Kier molecular flexibility index (Phi) is 7.93. The minimum atomic E-state index is -0.844. The van der Waals surface area contributed by atoms with Gasteiger partial charge in [-0.05, 0) is 47.2 Å². The van der Waals surface area contributed by atoms with E-state index in [2.05, 4.69) is 40.2 Å². The number of likely N-dealkylation sites (tertiary alicyclic amines) is 1. The second-order valence-electron chi connectivity index (χ2n) is 10.2. The van der Waals surface area contributed by atoms with Crippen molar-refractivity contribution in [1.29, 1.82) is 0 Å². The Morgan fingerprint density at radius 3 is 2.42 bits per heavy atom. The molecule has 0 aromatic heterocycles. The number of nitrogens with one attached hydrogen (secondary N) is 3. The van der Waals surface area contributed by atoms with E-state index in [1.807, 2.05) is 18.2 Å². The van der Waals surface area contributed by atoms with Gasteiger partial charge in [-0.2, -0.15) is 0 Å². The number of carbonyl (C=O) groups excluding carboxylic acids is 4. The summed E-state index contributed by atoms with van der Waals surface area (Å²) in [5, 5.41) is 20.0. The fraction of sp³-hybridized carbons (Fsp3) is 0.290. The van der Waals surface area contributed by atoms with Crippen LogP contribution < -0.4 is 16.0 Å². The van der Waals surface area contributed by atoms with Crippen LogP contribution in [0, 0.1) is 0 Å². The molecule has 0 radical (unpaired) electrons. The highest BCUT2D eigenvalue weighted by atomic mass is 16.3. The van der Waals surface area contributed by atoms with E-state index in [1.54, 1.807) is 24.3 Å². The first-order chi connectivity index (χ1) is 19.4. The highest BCUT2D eigenvalue weighted by Gasteiger charge is 2.46. The number of rotatable bonds is 8. The number of hydrogen-bond acceptors (Lipinski definition) is 5. The molecule has 1 saturated carbocycles.